The maximum Gasteiger partial charge on any atom is 0.240 e. The lowest BCUT2D eigenvalue weighted by molar-refractivity contribution is 0.476. The highest BCUT2D eigenvalue weighted by molar-refractivity contribution is 7.89. The largest absolute Gasteiger partial charge is 0.310 e. The summed E-state index contributed by atoms with van der Waals surface area (Å²) in [6, 6.07) is 7.20. The zero-order valence-corrected chi connectivity index (χ0v) is 13.8. The van der Waals surface area contributed by atoms with Crippen molar-refractivity contribution in [1.82, 2.24) is 10.0 Å². The SMILES string of the molecule is CCNC(C)c1ccc(S(=O)(=O)NC(C)C(C)C)cc1. The lowest BCUT2D eigenvalue weighted by Crippen LogP contribution is -2.36. The summed E-state index contributed by atoms with van der Waals surface area (Å²) in [5.41, 5.74) is 1.09. The molecule has 1 aromatic carbocycles. The number of nitrogens with one attached hydrogen (secondary N) is 2. The third kappa shape index (κ3) is 4.58. The van der Waals surface area contributed by atoms with Gasteiger partial charge >= 0.3 is 0 Å². The highest BCUT2D eigenvalue weighted by atomic mass is 32.2. The van der Waals surface area contributed by atoms with E-state index < -0.39 is 10.0 Å². The van der Waals surface area contributed by atoms with Gasteiger partial charge in [0.05, 0.1) is 4.90 Å². The number of hydrogen-bond acceptors (Lipinski definition) is 3. The van der Waals surface area contributed by atoms with Crippen molar-refractivity contribution in [1.29, 1.82) is 0 Å². The van der Waals surface area contributed by atoms with Gasteiger partial charge in [-0.3, -0.25) is 0 Å². The van der Waals surface area contributed by atoms with Gasteiger partial charge in [-0.05, 0) is 44.0 Å². The average molecular weight is 298 g/mol. The van der Waals surface area contributed by atoms with Gasteiger partial charge in [0.1, 0.15) is 0 Å². The molecule has 0 bridgehead atoms. The summed E-state index contributed by atoms with van der Waals surface area (Å²) in [4.78, 5) is 0.317. The fraction of sp³-hybridized carbons (Fsp3) is 0.600. The third-order valence-electron chi connectivity index (χ3n) is 3.54. The van der Waals surface area contributed by atoms with Crippen molar-refractivity contribution in [3.8, 4) is 0 Å². The first kappa shape index (κ1) is 17.1. The van der Waals surface area contributed by atoms with Crippen LogP contribution in [0.25, 0.3) is 0 Å². The van der Waals surface area contributed by atoms with Crippen LogP contribution in [0.5, 0.6) is 0 Å². The van der Waals surface area contributed by atoms with E-state index in [1.807, 2.05) is 39.8 Å². The number of rotatable bonds is 7. The normalized spacial score (nSPS) is 15.3. The standard InChI is InChI=1S/C15H26N2O2S/c1-6-16-13(5)14-7-9-15(10-8-14)20(18,19)17-12(4)11(2)3/h7-13,16-17H,6H2,1-5H3. The lowest BCUT2D eigenvalue weighted by atomic mass is 10.1. The third-order valence-corrected chi connectivity index (χ3v) is 5.12. The molecule has 114 valence electrons. The molecular formula is C15H26N2O2S. The van der Waals surface area contributed by atoms with Crippen molar-refractivity contribution in [2.75, 3.05) is 6.54 Å². The molecule has 2 atom stereocenters. The second kappa shape index (κ2) is 7.20. The molecule has 1 rings (SSSR count). The van der Waals surface area contributed by atoms with Gasteiger partial charge in [0.2, 0.25) is 10.0 Å². The molecule has 0 heterocycles. The Labute approximate surface area is 123 Å². The van der Waals surface area contributed by atoms with Gasteiger partial charge in [-0.25, -0.2) is 13.1 Å². The van der Waals surface area contributed by atoms with E-state index >= 15 is 0 Å². The Morgan fingerprint density at radius 2 is 1.60 bits per heavy atom. The van der Waals surface area contributed by atoms with Crippen LogP contribution < -0.4 is 10.0 Å². The summed E-state index contributed by atoms with van der Waals surface area (Å²) in [7, 11) is -3.43. The molecule has 0 spiro atoms. The van der Waals surface area contributed by atoms with Crippen molar-refractivity contribution in [3.63, 3.8) is 0 Å². The highest BCUT2D eigenvalue weighted by Crippen LogP contribution is 2.17. The van der Waals surface area contributed by atoms with Crippen molar-refractivity contribution >= 4 is 10.0 Å². The van der Waals surface area contributed by atoms with Gasteiger partial charge in [0.15, 0.2) is 0 Å². The summed E-state index contributed by atoms with van der Waals surface area (Å²) >= 11 is 0. The van der Waals surface area contributed by atoms with Gasteiger partial charge in [-0.1, -0.05) is 32.9 Å². The Hall–Kier alpha value is -0.910. The molecule has 0 aliphatic heterocycles. The van der Waals surface area contributed by atoms with Crippen LogP contribution in [-0.4, -0.2) is 21.0 Å². The van der Waals surface area contributed by atoms with Gasteiger partial charge in [0, 0.05) is 12.1 Å². The lowest BCUT2D eigenvalue weighted by Gasteiger charge is -2.18. The minimum absolute atomic E-state index is 0.0830. The monoisotopic (exact) mass is 298 g/mol. The average Bonchev–Trinajstić information content (AvgIpc) is 2.38. The molecule has 0 aliphatic carbocycles. The molecule has 20 heavy (non-hydrogen) atoms. The van der Waals surface area contributed by atoms with Crippen LogP contribution in [0.15, 0.2) is 29.2 Å². The molecule has 0 saturated carbocycles. The predicted octanol–water partition coefficient (Wildman–Crippen LogP) is 2.68. The zero-order valence-electron chi connectivity index (χ0n) is 13.0. The van der Waals surface area contributed by atoms with E-state index in [4.69, 9.17) is 0 Å². The van der Waals surface area contributed by atoms with Crippen LogP contribution in [0.4, 0.5) is 0 Å². The molecule has 0 amide bonds. The van der Waals surface area contributed by atoms with E-state index in [1.54, 1.807) is 12.1 Å². The molecule has 4 nitrogen and oxygen atoms in total. The van der Waals surface area contributed by atoms with Crippen LogP contribution in [0, 0.1) is 5.92 Å². The van der Waals surface area contributed by atoms with E-state index in [0.29, 0.717) is 4.90 Å². The van der Waals surface area contributed by atoms with Crippen LogP contribution >= 0.6 is 0 Å². The van der Waals surface area contributed by atoms with Crippen molar-refractivity contribution < 1.29 is 8.42 Å². The molecule has 0 aliphatic rings. The molecule has 1 aromatic rings. The first-order valence-corrected chi connectivity index (χ1v) is 8.62. The Morgan fingerprint density at radius 3 is 2.05 bits per heavy atom. The van der Waals surface area contributed by atoms with E-state index in [1.165, 1.54) is 0 Å². The number of hydrogen-bond donors (Lipinski definition) is 2. The Bertz CT molecular complexity index is 509. The van der Waals surface area contributed by atoms with Crippen molar-refractivity contribution in [2.45, 2.75) is 51.6 Å². The molecule has 0 fully saturated rings. The fourth-order valence-electron chi connectivity index (χ4n) is 1.81. The zero-order chi connectivity index (χ0) is 15.3. The maximum atomic E-state index is 12.2. The minimum Gasteiger partial charge on any atom is -0.310 e. The van der Waals surface area contributed by atoms with Crippen LogP contribution in [0.2, 0.25) is 0 Å². The molecule has 0 radical (unpaired) electrons. The van der Waals surface area contributed by atoms with Gasteiger partial charge in [-0.2, -0.15) is 0 Å². The first-order chi connectivity index (χ1) is 9.27. The van der Waals surface area contributed by atoms with E-state index in [2.05, 4.69) is 17.0 Å². The number of sulfonamides is 1. The molecule has 0 saturated heterocycles. The quantitative estimate of drug-likeness (QED) is 0.813. The van der Waals surface area contributed by atoms with Gasteiger partial charge < -0.3 is 5.32 Å². The van der Waals surface area contributed by atoms with E-state index in [9.17, 15) is 8.42 Å². The topological polar surface area (TPSA) is 58.2 Å². The Morgan fingerprint density at radius 1 is 1.05 bits per heavy atom. The molecule has 2 N–H and O–H groups in total. The molecule has 0 aromatic heterocycles. The molecular weight excluding hydrogens is 272 g/mol. The molecule has 2 unspecified atom stereocenters. The van der Waals surface area contributed by atoms with E-state index in [0.717, 1.165) is 12.1 Å². The summed E-state index contributed by atoms with van der Waals surface area (Å²) in [5, 5.41) is 3.30. The highest BCUT2D eigenvalue weighted by Gasteiger charge is 2.19. The summed E-state index contributed by atoms with van der Waals surface area (Å²) in [6.07, 6.45) is 0. The summed E-state index contributed by atoms with van der Waals surface area (Å²) in [6.45, 7) is 10.9. The summed E-state index contributed by atoms with van der Waals surface area (Å²) in [5.74, 6) is 0.262. The fourth-order valence-corrected chi connectivity index (χ4v) is 3.20. The smallest absolute Gasteiger partial charge is 0.240 e. The van der Waals surface area contributed by atoms with Crippen LogP contribution in [-0.2, 0) is 10.0 Å². The summed E-state index contributed by atoms with van der Waals surface area (Å²) < 4.78 is 27.2. The van der Waals surface area contributed by atoms with Gasteiger partial charge in [-0.15, -0.1) is 0 Å². The van der Waals surface area contributed by atoms with E-state index in [-0.39, 0.29) is 18.0 Å². The second-order valence-corrected chi connectivity index (χ2v) is 7.22. The van der Waals surface area contributed by atoms with Crippen molar-refractivity contribution in [2.24, 2.45) is 5.92 Å². The van der Waals surface area contributed by atoms with Gasteiger partial charge in [0.25, 0.3) is 0 Å². The molecule has 5 heteroatoms. The first-order valence-electron chi connectivity index (χ1n) is 7.13. The van der Waals surface area contributed by atoms with Crippen LogP contribution in [0.3, 0.4) is 0 Å². The Balaban J connectivity index is 2.87. The van der Waals surface area contributed by atoms with Crippen molar-refractivity contribution in [3.05, 3.63) is 29.8 Å². The van der Waals surface area contributed by atoms with Crippen LogP contribution in [0.1, 0.15) is 46.2 Å². The number of benzene rings is 1. The predicted molar refractivity (Wildman–Crippen MR) is 83.2 cm³/mol. The Kier molecular flexibility index (Phi) is 6.17. The maximum absolute atomic E-state index is 12.2. The second-order valence-electron chi connectivity index (χ2n) is 5.50. The minimum atomic E-state index is -3.43.